The number of pyridine rings is 1. The monoisotopic (exact) mass is 496 g/mol. The molecular weight excluding hydrogens is 472 g/mol. The summed E-state index contributed by atoms with van der Waals surface area (Å²) < 4.78 is 21.9. The Morgan fingerprint density at radius 1 is 1.08 bits per heavy atom. The molecule has 0 spiro atoms. The number of carbonyl (C=O) groups excluding carboxylic acids is 2. The quantitative estimate of drug-likeness (QED) is 0.379. The van der Waals surface area contributed by atoms with E-state index in [2.05, 4.69) is 5.32 Å². The van der Waals surface area contributed by atoms with Gasteiger partial charge in [0, 0.05) is 11.9 Å². The number of benzene rings is 2. The molecule has 0 saturated carbocycles. The van der Waals surface area contributed by atoms with Crippen LogP contribution in [0.2, 0.25) is 0 Å². The molecule has 0 radical (unpaired) electrons. The minimum Gasteiger partial charge on any atom is -0.465 e. The molecule has 1 aliphatic carbocycles. The normalized spacial score (nSPS) is 15.5. The first-order chi connectivity index (χ1) is 18.1. The van der Waals surface area contributed by atoms with Crippen molar-refractivity contribution in [2.24, 2.45) is 0 Å². The van der Waals surface area contributed by atoms with Gasteiger partial charge in [0.25, 0.3) is 5.91 Å². The van der Waals surface area contributed by atoms with Crippen molar-refractivity contribution in [3.8, 4) is 11.5 Å². The number of furan rings is 1. The summed E-state index contributed by atoms with van der Waals surface area (Å²) in [5, 5.41) is 3.53. The molecule has 0 fully saturated rings. The molecule has 1 N–H and O–H groups in total. The van der Waals surface area contributed by atoms with E-state index in [1.807, 2.05) is 54.6 Å². The lowest BCUT2D eigenvalue weighted by Crippen LogP contribution is -2.35. The number of allylic oxidation sites excluding steroid dienone is 1. The zero-order valence-electron chi connectivity index (χ0n) is 20.2. The van der Waals surface area contributed by atoms with Gasteiger partial charge in [-0.1, -0.05) is 24.3 Å². The molecule has 4 aromatic rings. The number of carbonyl (C=O) groups is 2. The number of hydrogen-bond donors (Lipinski definition) is 1. The number of nitrogens with zero attached hydrogens (tertiary/aromatic N) is 1. The summed E-state index contributed by atoms with van der Waals surface area (Å²) in [5.74, 6) is 1.12. The first-order valence-corrected chi connectivity index (χ1v) is 12.1. The lowest BCUT2D eigenvalue weighted by Gasteiger charge is -2.16. The number of esters is 1. The summed E-state index contributed by atoms with van der Waals surface area (Å²) in [6.07, 6.45) is 3.97. The standard InChI is InChI=1S/C29H24N2O6/c1-17(28(32)30-15-18-8-11-24-25(13-18)36-16-35-24)37-29(33)26-21-6-2-3-7-23(21)31-27-19(9-10-22(26)27)14-20-5-4-12-34-20/h2-8,11-14,17H,9-10,15-16H2,1H3,(H,30,32)/b19-14+. The van der Waals surface area contributed by atoms with Gasteiger partial charge in [-0.3, -0.25) is 4.79 Å². The molecule has 8 nitrogen and oxygen atoms in total. The maximum Gasteiger partial charge on any atom is 0.339 e. The molecular formula is C29H24N2O6. The summed E-state index contributed by atoms with van der Waals surface area (Å²) >= 11 is 0. The highest BCUT2D eigenvalue weighted by Crippen LogP contribution is 2.38. The molecule has 186 valence electrons. The average molecular weight is 497 g/mol. The van der Waals surface area contributed by atoms with Crippen LogP contribution in [0.4, 0.5) is 0 Å². The number of hydrogen-bond acceptors (Lipinski definition) is 7. The van der Waals surface area contributed by atoms with Crippen molar-refractivity contribution >= 4 is 34.4 Å². The Balaban J connectivity index is 1.22. The van der Waals surface area contributed by atoms with Crippen molar-refractivity contribution in [1.82, 2.24) is 10.3 Å². The van der Waals surface area contributed by atoms with E-state index in [-0.39, 0.29) is 19.2 Å². The second kappa shape index (κ2) is 9.46. The Hall–Kier alpha value is -4.59. The average Bonchev–Trinajstić information content (AvgIpc) is 3.67. The van der Waals surface area contributed by atoms with Crippen LogP contribution in [0.1, 0.15) is 46.3 Å². The first kappa shape index (κ1) is 22.8. The van der Waals surface area contributed by atoms with Crippen molar-refractivity contribution < 1.29 is 28.2 Å². The number of fused-ring (bicyclic) bond motifs is 3. The van der Waals surface area contributed by atoms with Crippen LogP contribution in [0.15, 0.2) is 65.3 Å². The fraction of sp³-hybridized carbons (Fsp3) is 0.207. The highest BCUT2D eigenvalue weighted by Gasteiger charge is 2.29. The predicted octanol–water partition coefficient (Wildman–Crippen LogP) is 4.91. The lowest BCUT2D eigenvalue weighted by molar-refractivity contribution is -0.129. The Morgan fingerprint density at radius 2 is 1.95 bits per heavy atom. The van der Waals surface area contributed by atoms with Crippen LogP contribution in [0.25, 0.3) is 22.6 Å². The topological polar surface area (TPSA) is 99.9 Å². The maximum absolute atomic E-state index is 13.5. The third-order valence-electron chi connectivity index (χ3n) is 6.56. The van der Waals surface area contributed by atoms with E-state index in [4.69, 9.17) is 23.6 Å². The minimum atomic E-state index is -0.983. The van der Waals surface area contributed by atoms with E-state index in [1.54, 1.807) is 19.3 Å². The number of aromatic nitrogens is 1. The Morgan fingerprint density at radius 3 is 2.81 bits per heavy atom. The van der Waals surface area contributed by atoms with E-state index in [9.17, 15) is 9.59 Å². The van der Waals surface area contributed by atoms with Gasteiger partial charge in [0.05, 0.1) is 23.0 Å². The van der Waals surface area contributed by atoms with Crippen LogP contribution in [0, 0.1) is 0 Å². The molecule has 2 aromatic carbocycles. The molecule has 1 aliphatic heterocycles. The number of amides is 1. The molecule has 8 heteroatoms. The van der Waals surface area contributed by atoms with Crippen LogP contribution in [0.5, 0.6) is 11.5 Å². The fourth-order valence-electron chi connectivity index (χ4n) is 4.71. The molecule has 3 heterocycles. The Bertz CT molecular complexity index is 1540. The number of ether oxygens (including phenoxy) is 3. The van der Waals surface area contributed by atoms with Gasteiger partial charge in [-0.05, 0) is 72.9 Å². The molecule has 6 rings (SSSR count). The number of rotatable bonds is 6. The van der Waals surface area contributed by atoms with Crippen LogP contribution in [-0.4, -0.2) is 29.8 Å². The predicted molar refractivity (Wildman–Crippen MR) is 136 cm³/mol. The summed E-state index contributed by atoms with van der Waals surface area (Å²) in [6.45, 7) is 2.02. The smallest absolute Gasteiger partial charge is 0.339 e. The number of nitrogens with one attached hydrogen (secondary N) is 1. The van der Waals surface area contributed by atoms with Crippen LogP contribution < -0.4 is 14.8 Å². The summed E-state index contributed by atoms with van der Waals surface area (Å²) in [7, 11) is 0. The van der Waals surface area contributed by atoms with Crippen molar-refractivity contribution in [2.75, 3.05) is 6.79 Å². The van der Waals surface area contributed by atoms with Gasteiger partial charge >= 0.3 is 5.97 Å². The van der Waals surface area contributed by atoms with Gasteiger partial charge in [0.1, 0.15) is 5.76 Å². The van der Waals surface area contributed by atoms with Crippen molar-refractivity contribution in [2.45, 2.75) is 32.4 Å². The highest BCUT2D eigenvalue weighted by atomic mass is 16.7. The van der Waals surface area contributed by atoms with Crippen LogP contribution in [0.3, 0.4) is 0 Å². The van der Waals surface area contributed by atoms with Crippen molar-refractivity contribution in [3.05, 3.63) is 89.0 Å². The van der Waals surface area contributed by atoms with E-state index >= 15 is 0 Å². The molecule has 1 atom stereocenters. The molecule has 2 aromatic heterocycles. The molecule has 0 saturated heterocycles. The first-order valence-electron chi connectivity index (χ1n) is 12.1. The van der Waals surface area contributed by atoms with E-state index < -0.39 is 12.1 Å². The molecule has 0 bridgehead atoms. The third-order valence-corrected chi connectivity index (χ3v) is 6.56. The maximum atomic E-state index is 13.5. The molecule has 1 amide bonds. The summed E-state index contributed by atoms with van der Waals surface area (Å²) in [4.78, 5) is 31.1. The highest BCUT2D eigenvalue weighted by molar-refractivity contribution is 6.07. The van der Waals surface area contributed by atoms with Gasteiger partial charge in [0.15, 0.2) is 17.6 Å². The molecule has 1 unspecified atom stereocenters. The largest absolute Gasteiger partial charge is 0.465 e. The zero-order valence-corrected chi connectivity index (χ0v) is 20.2. The van der Waals surface area contributed by atoms with Gasteiger partial charge in [-0.15, -0.1) is 0 Å². The van der Waals surface area contributed by atoms with Crippen LogP contribution >= 0.6 is 0 Å². The second-order valence-electron chi connectivity index (χ2n) is 8.97. The zero-order chi connectivity index (χ0) is 25.4. The van der Waals surface area contributed by atoms with Gasteiger partial charge in [-0.25, -0.2) is 9.78 Å². The van der Waals surface area contributed by atoms with Gasteiger partial charge in [-0.2, -0.15) is 0 Å². The number of para-hydroxylation sites is 1. The summed E-state index contributed by atoms with van der Waals surface area (Å²) in [5.41, 5.74) is 4.60. The second-order valence-corrected chi connectivity index (χ2v) is 8.97. The Kier molecular flexibility index (Phi) is 5.84. The van der Waals surface area contributed by atoms with Crippen molar-refractivity contribution in [3.63, 3.8) is 0 Å². The van der Waals surface area contributed by atoms with Crippen LogP contribution in [-0.2, 0) is 22.5 Å². The van der Waals surface area contributed by atoms with E-state index in [0.29, 0.717) is 34.4 Å². The van der Waals surface area contributed by atoms with Gasteiger partial charge < -0.3 is 23.9 Å². The fourth-order valence-corrected chi connectivity index (χ4v) is 4.71. The van der Waals surface area contributed by atoms with E-state index in [1.165, 1.54) is 0 Å². The van der Waals surface area contributed by atoms with Gasteiger partial charge in [0.2, 0.25) is 6.79 Å². The molecule has 2 aliphatic rings. The summed E-state index contributed by atoms with van der Waals surface area (Å²) in [6, 6.07) is 16.7. The van der Waals surface area contributed by atoms with E-state index in [0.717, 1.165) is 34.6 Å². The lowest BCUT2D eigenvalue weighted by atomic mass is 10.0. The third kappa shape index (κ3) is 4.42. The van der Waals surface area contributed by atoms with Crippen molar-refractivity contribution in [1.29, 1.82) is 0 Å². The minimum absolute atomic E-state index is 0.186. The Labute approximate surface area is 212 Å². The SMILES string of the molecule is CC(OC(=O)c1c2c(nc3ccccc13)/C(=C/c1ccco1)CC2)C(=O)NCc1ccc2c(c1)OCO2. The molecule has 37 heavy (non-hydrogen) atoms.